The topological polar surface area (TPSA) is 49.8 Å². The van der Waals surface area contributed by atoms with E-state index in [1.807, 2.05) is 57.2 Å². The van der Waals surface area contributed by atoms with Gasteiger partial charge in [0.1, 0.15) is 17.5 Å². The van der Waals surface area contributed by atoms with Crippen LogP contribution in [0.2, 0.25) is 0 Å². The minimum absolute atomic E-state index is 0.110. The minimum Gasteiger partial charge on any atom is -0.365 e. The van der Waals surface area contributed by atoms with E-state index in [4.69, 9.17) is 0 Å². The highest BCUT2D eigenvalue weighted by Gasteiger charge is 2.14. The summed E-state index contributed by atoms with van der Waals surface area (Å²) in [7, 11) is 0. The third-order valence-corrected chi connectivity index (χ3v) is 3.48. The highest BCUT2D eigenvalue weighted by Crippen LogP contribution is 2.25. The summed E-state index contributed by atoms with van der Waals surface area (Å²) in [5.74, 6) is -0.508. The molecule has 1 heterocycles. The molecule has 3 rings (SSSR count). The molecule has 0 fully saturated rings. The minimum atomic E-state index is -0.705. The fraction of sp³-hybridized carbons (Fsp3) is 0.200. The van der Waals surface area contributed by atoms with Crippen LogP contribution in [0.15, 0.2) is 54.6 Å². The molecule has 0 aliphatic carbocycles. The fourth-order valence-electron chi connectivity index (χ4n) is 2.42. The second kappa shape index (κ2) is 7.07. The molecule has 0 radical (unpaired) electrons. The molecule has 0 bridgehead atoms. The molecule has 2 aromatic carbocycles. The number of nitrogens with zero attached hydrogens (tertiary/aromatic N) is 2. The van der Waals surface area contributed by atoms with Crippen molar-refractivity contribution in [2.24, 2.45) is 0 Å². The van der Waals surface area contributed by atoms with Crippen LogP contribution in [0.25, 0.3) is 11.3 Å². The average molecular weight is 354 g/mol. The molecule has 0 amide bonds. The van der Waals surface area contributed by atoms with E-state index in [-0.39, 0.29) is 17.2 Å². The molecule has 2 N–H and O–H groups in total. The van der Waals surface area contributed by atoms with Gasteiger partial charge in [0.2, 0.25) is 5.95 Å². The van der Waals surface area contributed by atoms with Crippen molar-refractivity contribution in [1.82, 2.24) is 9.97 Å². The summed E-state index contributed by atoms with van der Waals surface area (Å²) in [5.41, 5.74) is 1.51. The molecule has 0 saturated heterocycles. The summed E-state index contributed by atoms with van der Waals surface area (Å²) in [6, 6.07) is 14.8. The lowest BCUT2D eigenvalue weighted by Gasteiger charge is -2.22. The number of hydrogen-bond acceptors (Lipinski definition) is 4. The van der Waals surface area contributed by atoms with E-state index in [0.717, 1.165) is 11.6 Å². The zero-order valence-electron chi connectivity index (χ0n) is 14.8. The first-order valence-corrected chi connectivity index (χ1v) is 8.25. The van der Waals surface area contributed by atoms with Gasteiger partial charge in [-0.25, -0.2) is 13.8 Å². The van der Waals surface area contributed by atoms with Gasteiger partial charge in [0.05, 0.1) is 11.4 Å². The molecule has 4 nitrogen and oxygen atoms in total. The van der Waals surface area contributed by atoms with Gasteiger partial charge < -0.3 is 10.6 Å². The highest BCUT2D eigenvalue weighted by atomic mass is 19.1. The van der Waals surface area contributed by atoms with Crippen molar-refractivity contribution < 1.29 is 8.78 Å². The summed E-state index contributed by atoms with van der Waals surface area (Å²) in [4.78, 5) is 8.88. The predicted octanol–water partition coefficient (Wildman–Crippen LogP) is 5.38. The highest BCUT2D eigenvalue weighted by molar-refractivity contribution is 5.66. The lowest BCUT2D eigenvalue weighted by Crippen LogP contribution is -2.27. The van der Waals surface area contributed by atoms with Crippen LogP contribution in [-0.2, 0) is 0 Å². The third kappa shape index (κ3) is 4.53. The summed E-state index contributed by atoms with van der Waals surface area (Å²) >= 11 is 0. The van der Waals surface area contributed by atoms with Gasteiger partial charge in [0.25, 0.3) is 0 Å². The van der Waals surface area contributed by atoms with Crippen molar-refractivity contribution in [2.45, 2.75) is 26.3 Å². The molecule has 0 spiro atoms. The van der Waals surface area contributed by atoms with Crippen LogP contribution in [0.1, 0.15) is 20.8 Å². The zero-order chi connectivity index (χ0) is 18.7. The van der Waals surface area contributed by atoms with Crippen molar-refractivity contribution in [3.05, 3.63) is 66.2 Å². The monoisotopic (exact) mass is 354 g/mol. The first kappa shape index (κ1) is 17.8. The Hall–Kier alpha value is -3.02. The number of rotatable bonds is 4. The molecule has 0 unspecified atom stereocenters. The number of anilines is 3. The first-order valence-electron chi connectivity index (χ1n) is 8.25. The lowest BCUT2D eigenvalue weighted by molar-refractivity contribution is 0.586. The van der Waals surface area contributed by atoms with E-state index in [1.165, 1.54) is 12.1 Å². The summed E-state index contributed by atoms with van der Waals surface area (Å²) < 4.78 is 27.1. The van der Waals surface area contributed by atoms with Gasteiger partial charge >= 0.3 is 0 Å². The molecular formula is C20H20F2N4. The second-order valence-corrected chi connectivity index (χ2v) is 6.95. The van der Waals surface area contributed by atoms with Crippen molar-refractivity contribution in [2.75, 3.05) is 10.6 Å². The molecule has 0 aliphatic heterocycles. The summed E-state index contributed by atoms with van der Waals surface area (Å²) in [6.45, 7) is 6.05. The van der Waals surface area contributed by atoms with E-state index in [9.17, 15) is 8.78 Å². The van der Waals surface area contributed by atoms with Crippen LogP contribution in [-0.4, -0.2) is 15.5 Å². The van der Waals surface area contributed by atoms with Gasteiger partial charge in [-0.05, 0) is 32.9 Å². The quantitative estimate of drug-likeness (QED) is 0.661. The van der Waals surface area contributed by atoms with Crippen LogP contribution in [0, 0.1) is 11.6 Å². The van der Waals surface area contributed by atoms with E-state index in [0.29, 0.717) is 11.5 Å². The van der Waals surface area contributed by atoms with Crippen LogP contribution in [0.3, 0.4) is 0 Å². The van der Waals surface area contributed by atoms with Crippen LogP contribution in [0.4, 0.5) is 26.2 Å². The van der Waals surface area contributed by atoms with Gasteiger partial charge in [0.15, 0.2) is 0 Å². The Bertz CT molecular complexity index is 905. The summed E-state index contributed by atoms with van der Waals surface area (Å²) in [6.07, 6.45) is 0. The Morgan fingerprint density at radius 2 is 1.62 bits per heavy atom. The number of nitrogens with one attached hydrogen (secondary N) is 2. The zero-order valence-corrected chi connectivity index (χ0v) is 14.8. The fourth-order valence-corrected chi connectivity index (χ4v) is 2.42. The van der Waals surface area contributed by atoms with Crippen molar-refractivity contribution in [1.29, 1.82) is 0 Å². The molecule has 1 aromatic heterocycles. The Labute approximate surface area is 151 Å². The Morgan fingerprint density at radius 1 is 0.885 bits per heavy atom. The normalized spacial score (nSPS) is 11.3. The largest absolute Gasteiger partial charge is 0.365 e. The Kier molecular flexibility index (Phi) is 4.84. The van der Waals surface area contributed by atoms with Crippen LogP contribution in [0.5, 0.6) is 0 Å². The molecule has 0 saturated carbocycles. The maximum absolute atomic E-state index is 14.0. The van der Waals surface area contributed by atoms with Gasteiger partial charge in [-0.15, -0.1) is 0 Å². The SMILES string of the molecule is CC(C)(C)Nc1cc(-c2ccccc2)nc(Nc2ccc(F)cc2F)n1. The molecular weight excluding hydrogens is 334 g/mol. The van der Waals surface area contributed by atoms with Crippen LogP contribution < -0.4 is 10.6 Å². The maximum Gasteiger partial charge on any atom is 0.229 e. The van der Waals surface area contributed by atoms with Crippen molar-refractivity contribution in [3.63, 3.8) is 0 Å². The standard InChI is InChI=1S/C20H20F2N4/c1-20(2,3)26-18-12-17(13-7-5-4-6-8-13)24-19(25-18)23-16-10-9-14(21)11-15(16)22/h4-12H,1-3H3,(H2,23,24,25,26). The van der Waals surface area contributed by atoms with Gasteiger partial charge in [-0.1, -0.05) is 30.3 Å². The number of hydrogen-bond donors (Lipinski definition) is 2. The lowest BCUT2D eigenvalue weighted by atomic mass is 10.1. The number of aromatic nitrogens is 2. The van der Waals surface area contributed by atoms with Crippen LogP contribution >= 0.6 is 0 Å². The number of halogens is 2. The molecule has 0 atom stereocenters. The maximum atomic E-state index is 14.0. The Morgan fingerprint density at radius 3 is 2.27 bits per heavy atom. The van der Waals surface area contributed by atoms with Crippen molar-refractivity contribution in [3.8, 4) is 11.3 Å². The average Bonchev–Trinajstić information content (AvgIpc) is 2.56. The number of benzene rings is 2. The first-order chi connectivity index (χ1) is 12.3. The smallest absolute Gasteiger partial charge is 0.229 e. The second-order valence-electron chi connectivity index (χ2n) is 6.95. The molecule has 3 aromatic rings. The molecule has 6 heteroatoms. The third-order valence-electron chi connectivity index (χ3n) is 3.48. The van der Waals surface area contributed by atoms with E-state index < -0.39 is 11.6 Å². The molecule has 26 heavy (non-hydrogen) atoms. The predicted molar refractivity (Wildman–Crippen MR) is 100 cm³/mol. The van der Waals surface area contributed by atoms with E-state index >= 15 is 0 Å². The Balaban J connectivity index is 2.01. The van der Waals surface area contributed by atoms with Gasteiger partial charge in [-0.2, -0.15) is 4.98 Å². The van der Waals surface area contributed by atoms with E-state index in [1.54, 1.807) is 0 Å². The summed E-state index contributed by atoms with van der Waals surface area (Å²) in [5, 5.41) is 6.13. The molecule has 134 valence electrons. The van der Waals surface area contributed by atoms with Gasteiger partial charge in [-0.3, -0.25) is 0 Å². The van der Waals surface area contributed by atoms with Crippen molar-refractivity contribution >= 4 is 17.5 Å². The molecule has 0 aliphatic rings. The van der Waals surface area contributed by atoms with Gasteiger partial charge in [0, 0.05) is 23.2 Å². The van der Waals surface area contributed by atoms with E-state index in [2.05, 4.69) is 20.6 Å².